The van der Waals surface area contributed by atoms with Gasteiger partial charge in [0.25, 0.3) is 0 Å². The lowest BCUT2D eigenvalue weighted by Gasteiger charge is -2.13. The molecule has 3 aromatic carbocycles. The van der Waals surface area contributed by atoms with E-state index in [9.17, 15) is 15.0 Å². The summed E-state index contributed by atoms with van der Waals surface area (Å²) in [7, 11) is 1.53. The van der Waals surface area contributed by atoms with Crippen molar-refractivity contribution in [3.63, 3.8) is 0 Å². The highest BCUT2D eigenvalue weighted by Gasteiger charge is 2.15. The Hall–Kier alpha value is -3.93. The Balaban J connectivity index is 1.76. The van der Waals surface area contributed by atoms with E-state index in [1.54, 1.807) is 18.2 Å². The maximum Gasteiger partial charge on any atom is 0.336 e. The number of hydrogen-bond acceptors (Lipinski definition) is 6. The second kappa shape index (κ2) is 7.59. The van der Waals surface area contributed by atoms with E-state index in [4.69, 9.17) is 13.9 Å². The van der Waals surface area contributed by atoms with Gasteiger partial charge in [-0.2, -0.15) is 0 Å². The monoisotopic (exact) mass is 390 g/mol. The van der Waals surface area contributed by atoms with Gasteiger partial charge in [0, 0.05) is 23.8 Å². The van der Waals surface area contributed by atoms with Gasteiger partial charge < -0.3 is 24.1 Å². The molecule has 29 heavy (non-hydrogen) atoms. The molecule has 0 saturated carbocycles. The van der Waals surface area contributed by atoms with Gasteiger partial charge >= 0.3 is 5.63 Å². The highest BCUT2D eigenvalue weighted by molar-refractivity contribution is 5.98. The number of fused-ring (bicyclic) bond motifs is 1. The van der Waals surface area contributed by atoms with Crippen LogP contribution in [0.4, 0.5) is 0 Å². The SMILES string of the molecule is COc1cc(-c2cc(=O)oc3cc(O)cc(O)c23)ccc1OCc1ccccc1. The van der Waals surface area contributed by atoms with Gasteiger partial charge in [-0.3, -0.25) is 0 Å². The van der Waals surface area contributed by atoms with Gasteiger partial charge in [0.05, 0.1) is 12.5 Å². The summed E-state index contributed by atoms with van der Waals surface area (Å²) in [4.78, 5) is 12.0. The first-order chi connectivity index (χ1) is 14.0. The lowest BCUT2D eigenvalue weighted by molar-refractivity contribution is 0.284. The lowest BCUT2D eigenvalue weighted by Crippen LogP contribution is -2.00. The molecule has 0 aliphatic carbocycles. The van der Waals surface area contributed by atoms with E-state index in [2.05, 4.69) is 0 Å². The summed E-state index contributed by atoms with van der Waals surface area (Å²) < 4.78 is 16.4. The molecule has 4 aromatic rings. The largest absolute Gasteiger partial charge is 0.508 e. The topological polar surface area (TPSA) is 89.1 Å². The Morgan fingerprint density at radius 1 is 0.931 bits per heavy atom. The first-order valence-electron chi connectivity index (χ1n) is 8.90. The Kier molecular flexibility index (Phi) is 4.83. The molecule has 0 aliphatic heterocycles. The van der Waals surface area contributed by atoms with Gasteiger partial charge in [0.15, 0.2) is 11.5 Å². The third kappa shape index (κ3) is 3.73. The minimum absolute atomic E-state index is 0.0911. The normalized spacial score (nSPS) is 10.8. The van der Waals surface area contributed by atoms with Crippen molar-refractivity contribution in [1.82, 2.24) is 0 Å². The van der Waals surface area contributed by atoms with Gasteiger partial charge in [-0.15, -0.1) is 0 Å². The molecule has 0 saturated heterocycles. The van der Waals surface area contributed by atoms with Crippen molar-refractivity contribution >= 4 is 11.0 Å². The molecule has 0 radical (unpaired) electrons. The van der Waals surface area contributed by atoms with Crippen molar-refractivity contribution in [2.75, 3.05) is 7.11 Å². The van der Waals surface area contributed by atoms with Gasteiger partial charge in [0.2, 0.25) is 0 Å². The molecule has 146 valence electrons. The molecule has 6 heteroatoms. The van der Waals surface area contributed by atoms with Crippen LogP contribution in [0.15, 0.2) is 75.9 Å². The Morgan fingerprint density at radius 2 is 1.72 bits per heavy atom. The van der Waals surface area contributed by atoms with Gasteiger partial charge in [0.1, 0.15) is 23.7 Å². The molecule has 6 nitrogen and oxygen atoms in total. The molecule has 0 atom stereocenters. The molecule has 2 N–H and O–H groups in total. The van der Waals surface area contributed by atoms with Crippen LogP contribution in [0.5, 0.6) is 23.0 Å². The van der Waals surface area contributed by atoms with Crippen LogP contribution in [-0.4, -0.2) is 17.3 Å². The third-order valence-electron chi connectivity index (χ3n) is 4.52. The number of hydrogen-bond donors (Lipinski definition) is 2. The number of ether oxygens (including phenoxy) is 2. The second-order valence-electron chi connectivity index (χ2n) is 6.46. The maximum atomic E-state index is 12.0. The lowest BCUT2D eigenvalue weighted by atomic mass is 10.0. The summed E-state index contributed by atoms with van der Waals surface area (Å²) in [5.74, 6) is 0.645. The first-order valence-corrected chi connectivity index (χ1v) is 8.90. The van der Waals surface area contributed by atoms with Crippen LogP contribution in [0, 0.1) is 0 Å². The summed E-state index contributed by atoms with van der Waals surface area (Å²) in [6.07, 6.45) is 0. The maximum absolute atomic E-state index is 12.0. The summed E-state index contributed by atoms with van der Waals surface area (Å²) in [5, 5.41) is 20.3. The highest BCUT2D eigenvalue weighted by Crippen LogP contribution is 2.39. The Morgan fingerprint density at radius 3 is 2.48 bits per heavy atom. The molecule has 0 unspecified atom stereocenters. The predicted molar refractivity (Wildman–Crippen MR) is 109 cm³/mol. The van der Waals surface area contributed by atoms with E-state index in [1.165, 1.54) is 25.3 Å². The van der Waals surface area contributed by atoms with Crippen molar-refractivity contribution in [3.05, 3.63) is 82.7 Å². The summed E-state index contributed by atoms with van der Waals surface area (Å²) in [6.45, 7) is 0.383. The average Bonchev–Trinajstić information content (AvgIpc) is 2.71. The molecule has 4 rings (SSSR count). The standard InChI is InChI=1S/C23H18O6/c1-27-20-9-15(7-8-19(20)28-13-14-5-3-2-4-6-14)17-12-22(26)29-21-11-16(24)10-18(25)23(17)21/h2-12,24-25H,13H2,1H3. The van der Waals surface area contributed by atoms with Crippen molar-refractivity contribution in [2.24, 2.45) is 0 Å². The van der Waals surface area contributed by atoms with Crippen molar-refractivity contribution in [3.8, 4) is 34.1 Å². The van der Waals surface area contributed by atoms with Crippen LogP contribution >= 0.6 is 0 Å². The fourth-order valence-corrected chi connectivity index (χ4v) is 3.18. The second-order valence-corrected chi connectivity index (χ2v) is 6.46. The Labute approximate surface area is 166 Å². The van der Waals surface area contributed by atoms with E-state index < -0.39 is 5.63 Å². The fourth-order valence-electron chi connectivity index (χ4n) is 3.18. The highest BCUT2D eigenvalue weighted by atomic mass is 16.5. The molecule has 1 heterocycles. The molecular formula is C23H18O6. The van der Waals surface area contributed by atoms with E-state index in [0.717, 1.165) is 5.56 Å². The molecule has 0 aliphatic rings. The quantitative estimate of drug-likeness (QED) is 0.489. The fraction of sp³-hybridized carbons (Fsp3) is 0.0870. The van der Waals surface area contributed by atoms with Crippen LogP contribution in [-0.2, 0) is 6.61 Å². The van der Waals surface area contributed by atoms with Crippen LogP contribution in [0.3, 0.4) is 0 Å². The number of phenols is 2. The number of methoxy groups -OCH3 is 1. The van der Waals surface area contributed by atoms with E-state index in [-0.39, 0.29) is 17.1 Å². The van der Waals surface area contributed by atoms with Crippen molar-refractivity contribution in [2.45, 2.75) is 6.61 Å². The molecule has 0 fully saturated rings. The molecule has 0 amide bonds. The molecular weight excluding hydrogens is 372 g/mol. The first kappa shape index (κ1) is 18.4. The molecule has 1 aromatic heterocycles. The van der Waals surface area contributed by atoms with E-state index >= 15 is 0 Å². The summed E-state index contributed by atoms with van der Waals surface area (Å²) in [5.41, 5.74) is 1.61. The predicted octanol–water partition coefficient (Wildman–Crippen LogP) is 4.46. The van der Waals surface area contributed by atoms with Crippen LogP contribution < -0.4 is 15.1 Å². The van der Waals surface area contributed by atoms with Crippen molar-refractivity contribution in [1.29, 1.82) is 0 Å². The number of benzene rings is 3. The number of phenolic OH excluding ortho intramolecular Hbond substituents is 2. The zero-order valence-electron chi connectivity index (χ0n) is 15.6. The van der Waals surface area contributed by atoms with Gasteiger partial charge in [-0.25, -0.2) is 4.79 Å². The van der Waals surface area contributed by atoms with Gasteiger partial charge in [-0.05, 0) is 23.3 Å². The number of aromatic hydroxyl groups is 2. The minimum Gasteiger partial charge on any atom is -0.508 e. The van der Waals surface area contributed by atoms with Crippen molar-refractivity contribution < 1.29 is 24.1 Å². The van der Waals surface area contributed by atoms with E-state index in [1.807, 2.05) is 30.3 Å². The molecule has 0 bridgehead atoms. The third-order valence-corrected chi connectivity index (χ3v) is 4.52. The smallest absolute Gasteiger partial charge is 0.336 e. The zero-order valence-corrected chi connectivity index (χ0v) is 15.6. The van der Waals surface area contributed by atoms with Crippen LogP contribution in [0.25, 0.3) is 22.1 Å². The van der Waals surface area contributed by atoms with Gasteiger partial charge in [-0.1, -0.05) is 36.4 Å². The zero-order chi connectivity index (χ0) is 20.4. The summed E-state index contributed by atoms with van der Waals surface area (Å²) in [6, 6.07) is 18.8. The number of rotatable bonds is 5. The molecule has 0 spiro atoms. The average molecular weight is 390 g/mol. The van der Waals surface area contributed by atoms with Crippen LogP contribution in [0.1, 0.15) is 5.56 Å². The Bertz CT molecular complexity index is 1230. The van der Waals surface area contributed by atoms with E-state index in [0.29, 0.717) is 34.6 Å². The van der Waals surface area contributed by atoms with Crippen LogP contribution in [0.2, 0.25) is 0 Å². The minimum atomic E-state index is -0.596. The summed E-state index contributed by atoms with van der Waals surface area (Å²) >= 11 is 0.